The van der Waals surface area contributed by atoms with Crippen molar-refractivity contribution in [2.45, 2.75) is 25.3 Å². The summed E-state index contributed by atoms with van der Waals surface area (Å²) in [4.78, 5) is 25.0. The molecule has 1 heterocycles. The summed E-state index contributed by atoms with van der Waals surface area (Å²) >= 11 is 0. The number of likely N-dealkylation sites (tertiary alicyclic amines) is 1. The maximum Gasteiger partial charge on any atom is 0.282 e. The SMILES string of the molecule is [CH2]CCN1CCC(NC(=O)c2ccccc2[N+](=O)[O-])CC1. The number of carbonyl (C=O) groups is 1. The molecule has 0 atom stereocenters. The van der Waals surface area contributed by atoms with Gasteiger partial charge in [0.1, 0.15) is 5.56 Å². The Kier molecular flexibility index (Phi) is 5.27. The van der Waals surface area contributed by atoms with Crippen molar-refractivity contribution < 1.29 is 9.72 Å². The highest BCUT2D eigenvalue weighted by Crippen LogP contribution is 2.18. The first-order chi connectivity index (χ1) is 10.1. The third-order valence-electron chi connectivity index (χ3n) is 3.74. The molecule has 0 unspecified atom stereocenters. The molecule has 1 aromatic rings. The zero-order valence-electron chi connectivity index (χ0n) is 12.0. The minimum atomic E-state index is -0.522. The molecule has 0 aliphatic carbocycles. The number of nitrogens with zero attached hydrogens (tertiary/aromatic N) is 2. The van der Waals surface area contributed by atoms with Crippen LogP contribution >= 0.6 is 0 Å². The number of piperidine rings is 1. The zero-order valence-corrected chi connectivity index (χ0v) is 12.0. The predicted molar refractivity (Wildman–Crippen MR) is 80.0 cm³/mol. The van der Waals surface area contributed by atoms with E-state index < -0.39 is 4.92 Å². The van der Waals surface area contributed by atoms with Gasteiger partial charge in [0, 0.05) is 25.2 Å². The molecule has 1 saturated heterocycles. The summed E-state index contributed by atoms with van der Waals surface area (Å²) in [5, 5.41) is 13.9. The second-order valence-electron chi connectivity index (χ2n) is 5.22. The molecule has 113 valence electrons. The first-order valence-corrected chi connectivity index (χ1v) is 7.17. The van der Waals surface area contributed by atoms with Gasteiger partial charge in [0.25, 0.3) is 11.6 Å². The number of para-hydroxylation sites is 1. The van der Waals surface area contributed by atoms with Crippen LogP contribution in [0.2, 0.25) is 0 Å². The van der Waals surface area contributed by atoms with E-state index in [1.807, 2.05) is 0 Å². The third kappa shape index (κ3) is 4.01. The average molecular weight is 290 g/mol. The zero-order chi connectivity index (χ0) is 15.2. The van der Waals surface area contributed by atoms with E-state index in [0.717, 1.165) is 38.9 Å². The molecule has 1 fully saturated rings. The van der Waals surface area contributed by atoms with Crippen molar-refractivity contribution in [2.75, 3.05) is 19.6 Å². The Morgan fingerprint density at radius 3 is 2.67 bits per heavy atom. The number of hydrogen-bond acceptors (Lipinski definition) is 4. The van der Waals surface area contributed by atoms with Gasteiger partial charge in [0.2, 0.25) is 0 Å². The maximum atomic E-state index is 12.2. The molecule has 1 aromatic carbocycles. The van der Waals surface area contributed by atoms with E-state index in [4.69, 9.17) is 0 Å². The van der Waals surface area contributed by atoms with Gasteiger partial charge in [0.05, 0.1) is 4.92 Å². The number of amides is 1. The highest BCUT2D eigenvalue weighted by Gasteiger charge is 2.24. The number of nitro groups is 1. The van der Waals surface area contributed by atoms with Crippen LogP contribution in [0.25, 0.3) is 0 Å². The quantitative estimate of drug-likeness (QED) is 0.665. The molecule has 6 nitrogen and oxygen atoms in total. The summed E-state index contributed by atoms with van der Waals surface area (Å²) in [6.07, 6.45) is 2.62. The summed E-state index contributed by atoms with van der Waals surface area (Å²) in [6, 6.07) is 6.13. The van der Waals surface area contributed by atoms with Crippen LogP contribution in [0.3, 0.4) is 0 Å². The van der Waals surface area contributed by atoms with Crippen LogP contribution in [0, 0.1) is 17.0 Å². The Labute approximate surface area is 124 Å². The summed E-state index contributed by atoms with van der Waals surface area (Å²) in [7, 11) is 0. The number of hydrogen-bond donors (Lipinski definition) is 1. The van der Waals surface area contributed by atoms with Crippen LogP contribution in [0.5, 0.6) is 0 Å². The number of benzene rings is 1. The van der Waals surface area contributed by atoms with E-state index in [1.165, 1.54) is 12.1 Å². The lowest BCUT2D eigenvalue weighted by molar-refractivity contribution is -0.385. The second-order valence-corrected chi connectivity index (χ2v) is 5.22. The van der Waals surface area contributed by atoms with E-state index in [2.05, 4.69) is 17.1 Å². The van der Waals surface area contributed by atoms with Crippen molar-refractivity contribution in [1.82, 2.24) is 10.2 Å². The van der Waals surface area contributed by atoms with Gasteiger partial charge in [-0.3, -0.25) is 14.9 Å². The van der Waals surface area contributed by atoms with E-state index in [9.17, 15) is 14.9 Å². The van der Waals surface area contributed by atoms with Crippen molar-refractivity contribution >= 4 is 11.6 Å². The average Bonchev–Trinajstić information content (AvgIpc) is 2.49. The van der Waals surface area contributed by atoms with Gasteiger partial charge in [-0.15, -0.1) is 0 Å². The highest BCUT2D eigenvalue weighted by molar-refractivity contribution is 5.98. The van der Waals surface area contributed by atoms with Crippen LogP contribution in [-0.4, -0.2) is 41.4 Å². The molecule has 6 heteroatoms. The summed E-state index contributed by atoms with van der Waals surface area (Å²) in [5.41, 5.74) is -0.0211. The fourth-order valence-corrected chi connectivity index (χ4v) is 2.61. The minimum absolute atomic E-state index is 0.0818. The van der Waals surface area contributed by atoms with E-state index in [-0.39, 0.29) is 23.2 Å². The van der Waals surface area contributed by atoms with Gasteiger partial charge in [0.15, 0.2) is 0 Å². The third-order valence-corrected chi connectivity index (χ3v) is 3.74. The van der Waals surface area contributed by atoms with Gasteiger partial charge < -0.3 is 10.2 Å². The molecule has 0 bridgehead atoms. The van der Waals surface area contributed by atoms with Gasteiger partial charge in [-0.05, 0) is 31.9 Å². The van der Waals surface area contributed by atoms with Crippen LogP contribution in [0.4, 0.5) is 5.69 Å². The Morgan fingerprint density at radius 1 is 1.38 bits per heavy atom. The molecule has 1 N–H and O–H groups in total. The summed E-state index contributed by atoms with van der Waals surface area (Å²) in [5.74, 6) is -0.363. The molecule has 1 aliphatic heterocycles. The molecule has 0 saturated carbocycles. The first kappa shape index (κ1) is 15.4. The lowest BCUT2D eigenvalue weighted by Crippen LogP contribution is -2.44. The summed E-state index contributed by atoms with van der Waals surface area (Å²) < 4.78 is 0. The van der Waals surface area contributed by atoms with Crippen LogP contribution in [0.15, 0.2) is 24.3 Å². The molecular weight excluding hydrogens is 270 g/mol. The largest absolute Gasteiger partial charge is 0.349 e. The van der Waals surface area contributed by atoms with Crippen molar-refractivity contribution in [1.29, 1.82) is 0 Å². The highest BCUT2D eigenvalue weighted by atomic mass is 16.6. The van der Waals surface area contributed by atoms with E-state index in [0.29, 0.717) is 0 Å². The standard InChI is InChI=1S/C15H20N3O3/c1-2-9-17-10-7-12(8-11-17)16-15(19)13-5-3-4-6-14(13)18(20)21/h3-6,12H,1-2,7-11H2,(H,16,19). The van der Waals surface area contributed by atoms with E-state index in [1.54, 1.807) is 12.1 Å². The number of nitrogens with one attached hydrogen (secondary N) is 1. The molecule has 1 amide bonds. The molecule has 2 rings (SSSR count). The normalized spacial score (nSPS) is 16.6. The Hall–Kier alpha value is -1.95. The Balaban J connectivity index is 1.95. The second kappa shape index (κ2) is 7.17. The van der Waals surface area contributed by atoms with Crippen LogP contribution in [-0.2, 0) is 0 Å². The summed E-state index contributed by atoms with van der Waals surface area (Å²) in [6.45, 7) is 6.67. The predicted octanol–water partition coefficient (Wildman–Crippen LogP) is 2.01. The fraction of sp³-hybridized carbons (Fsp3) is 0.467. The fourth-order valence-electron chi connectivity index (χ4n) is 2.61. The van der Waals surface area contributed by atoms with Crippen LogP contribution < -0.4 is 5.32 Å². The molecule has 21 heavy (non-hydrogen) atoms. The van der Waals surface area contributed by atoms with Crippen LogP contribution in [0.1, 0.15) is 29.6 Å². The number of rotatable bonds is 5. The van der Waals surface area contributed by atoms with Crippen molar-refractivity contribution in [2.24, 2.45) is 0 Å². The lowest BCUT2D eigenvalue weighted by Gasteiger charge is -2.32. The molecule has 1 radical (unpaired) electrons. The Bertz CT molecular complexity index is 511. The smallest absolute Gasteiger partial charge is 0.282 e. The number of carbonyl (C=O) groups excluding carboxylic acids is 1. The van der Waals surface area contributed by atoms with Crippen molar-refractivity contribution in [3.8, 4) is 0 Å². The van der Waals surface area contributed by atoms with Gasteiger partial charge in [-0.25, -0.2) is 0 Å². The molecule has 0 spiro atoms. The topological polar surface area (TPSA) is 75.5 Å². The minimum Gasteiger partial charge on any atom is -0.349 e. The van der Waals surface area contributed by atoms with E-state index >= 15 is 0 Å². The molecular formula is C15H20N3O3. The maximum absolute atomic E-state index is 12.2. The van der Waals surface area contributed by atoms with Crippen molar-refractivity contribution in [3.05, 3.63) is 46.9 Å². The number of nitro benzene ring substituents is 1. The van der Waals surface area contributed by atoms with Gasteiger partial charge in [-0.2, -0.15) is 0 Å². The lowest BCUT2D eigenvalue weighted by atomic mass is 10.0. The van der Waals surface area contributed by atoms with Gasteiger partial charge >= 0.3 is 0 Å². The molecule has 0 aromatic heterocycles. The molecule has 1 aliphatic rings. The first-order valence-electron chi connectivity index (χ1n) is 7.17. The Morgan fingerprint density at radius 2 is 2.05 bits per heavy atom. The van der Waals surface area contributed by atoms with Gasteiger partial charge in [-0.1, -0.05) is 19.1 Å². The monoisotopic (exact) mass is 290 g/mol. The van der Waals surface area contributed by atoms with Crippen molar-refractivity contribution in [3.63, 3.8) is 0 Å².